The number of amides is 1. The van der Waals surface area contributed by atoms with E-state index in [-0.39, 0.29) is 23.1 Å². The first-order valence-corrected chi connectivity index (χ1v) is 6.15. The topological polar surface area (TPSA) is 95.6 Å². The first-order valence-electron chi connectivity index (χ1n) is 6.15. The summed E-state index contributed by atoms with van der Waals surface area (Å²) in [7, 11) is 0. The van der Waals surface area contributed by atoms with Gasteiger partial charge in [0.15, 0.2) is 0 Å². The average molecular weight is 276 g/mol. The molecule has 20 heavy (non-hydrogen) atoms. The summed E-state index contributed by atoms with van der Waals surface area (Å²) in [6, 6.07) is 3.44. The van der Waals surface area contributed by atoms with Gasteiger partial charge in [0, 0.05) is 17.2 Å². The molecule has 1 unspecified atom stereocenters. The van der Waals surface area contributed by atoms with Gasteiger partial charge >= 0.3 is 0 Å². The average Bonchev–Trinajstić information content (AvgIpc) is 2.67. The van der Waals surface area contributed by atoms with Crippen LogP contribution in [-0.4, -0.2) is 21.3 Å². The molecule has 6 nitrogen and oxygen atoms in total. The van der Waals surface area contributed by atoms with Crippen LogP contribution in [0.4, 0.5) is 0 Å². The Bertz CT molecular complexity index is 609. The SMILES string of the molecule is Cc1noc(C)c1C(C)NC(=O)c1cc(O)cc(O)c1. The highest BCUT2D eigenvalue weighted by Gasteiger charge is 2.19. The maximum absolute atomic E-state index is 12.1. The molecule has 0 radical (unpaired) electrons. The number of phenols is 2. The van der Waals surface area contributed by atoms with Crippen LogP contribution in [0.25, 0.3) is 0 Å². The van der Waals surface area contributed by atoms with E-state index in [9.17, 15) is 15.0 Å². The fourth-order valence-corrected chi connectivity index (χ4v) is 2.19. The van der Waals surface area contributed by atoms with Crippen molar-refractivity contribution in [2.75, 3.05) is 0 Å². The van der Waals surface area contributed by atoms with Crippen molar-refractivity contribution in [3.8, 4) is 11.5 Å². The number of rotatable bonds is 3. The van der Waals surface area contributed by atoms with Crippen LogP contribution in [0.3, 0.4) is 0 Å². The number of hydrogen-bond acceptors (Lipinski definition) is 5. The highest BCUT2D eigenvalue weighted by molar-refractivity contribution is 5.95. The zero-order valence-electron chi connectivity index (χ0n) is 11.5. The molecule has 1 atom stereocenters. The second-order valence-electron chi connectivity index (χ2n) is 4.67. The standard InChI is InChI=1S/C14H16N2O4/c1-7(13-8(2)16-20-9(13)3)15-14(19)10-4-11(17)6-12(18)5-10/h4-7,17-18H,1-3H3,(H,15,19). The maximum atomic E-state index is 12.1. The Morgan fingerprint density at radius 2 is 1.85 bits per heavy atom. The molecule has 3 N–H and O–H groups in total. The molecule has 0 aliphatic carbocycles. The van der Waals surface area contributed by atoms with Gasteiger partial charge in [-0.25, -0.2) is 0 Å². The van der Waals surface area contributed by atoms with Gasteiger partial charge in [0.25, 0.3) is 5.91 Å². The Hall–Kier alpha value is -2.50. The summed E-state index contributed by atoms with van der Waals surface area (Å²) in [6.45, 7) is 5.39. The van der Waals surface area contributed by atoms with Gasteiger partial charge in [-0.1, -0.05) is 5.16 Å². The minimum absolute atomic E-state index is 0.167. The summed E-state index contributed by atoms with van der Waals surface area (Å²) in [6.07, 6.45) is 0. The van der Waals surface area contributed by atoms with Crippen LogP contribution in [0.1, 0.15) is 40.3 Å². The van der Waals surface area contributed by atoms with E-state index in [1.54, 1.807) is 13.8 Å². The van der Waals surface area contributed by atoms with Gasteiger partial charge in [-0.2, -0.15) is 0 Å². The van der Waals surface area contributed by atoms with Crippen LogP contribution in [0.2, 0.25) is 0 Å². The van der Waals surface area contributed by atoms with Gasteiger partial charge in [0.1, 0.15) is 17.3 Å². The molecule has 0 saturated carbocycles. The van der Waals surface area contributed by atoms with Crippen molar-refractivity contribution in [2.24, 2.45) is 0 Å². The van der Waals surface area contributed by atoms with Gasteiger partial charge in [-0.05, 0) is 32.9 Å². The summed E-state index contributed by atoms with van der Waals surface area (Å²) in [4.78, 5) is 12.1. The first kappa shape index (κ1) is 13.9. The Morgan fingerprint density at radius 3 is 2.35 bits per heavy atom. The van der Waals surface area contributed by atoms with Crippen LogP contribution < -0.4 is 5.32 Å². The minimum Gasteiger partial charge on any atom is -0.508 e. The highest BCUT2D eigenvalue weighted by Crippen LogP contribution is 2.23. The number of phenolic OH excluding ortho intramolecular Hbond substituents is 2. The lowest BCUT2D eigenvalue weighted by Crippen LogP contribution is -2.27. The molecule has 0 saturated heterocycles. The summed E-state index contributed by atoms with van der Waals surface area (Å²) >= 11 is 0. The lowest BCUT2D eigenvalue weighted by atomic mass is 10.1. The van der Waals surface area contributed by atoms with Crippen molar-refractivity contribution in [1.82, 2.24) is 10.5 Å². The van der Waals surface area contributed by atoms with E-state index >= 15 is 0 Å². The predicted molar refractivity (Wildman–Crippen MR) is 71.6 cm³/mol. The number of aromatic hydroxyl groups is 2. The van der Waals surface area contributed by atoms with Gasteiger partial charge in [0.05, 0.1) is 11.7 Å². The zero-order valence-corrected chi connectivity index (χ0v) is 11.5. The second kappa shape index (κ2) is 5.24. The number of carbonyl (C=O) groups excluding carboxylic acids is 1. The maximum Gasteiger partial charge on any atom is 0.252 e. The number of nitrogens with zero attached hydrogens (tertiary/aromatic N) is 1. The van der Waals surface area contributed by atoms with Crippen molar-refractivity contribution in [3.63, 3.8) is 0 Å². The van der Waals surface area contributed by atoms with Crippen LogP contribution >= 0.6 is 0 Å². The highest BCUT2D eigenvalue weighted by atomic mass is 16.5. The third-order valence-corrected chi connectivity index (χ3v) is 3.03. The molecule has 0 aliphatic rings. The minimum atomic E-state index is -0.399. The normalized spacial score (nSPS) is 12.2. The summed E-state index contributed by atoms with van der Waals surface area (Å²) in [5, 5.41) is 25.4. The Morgan fingerprint density at radius 1 is 1.25 bits per heavy atom. The Labute approximate surface area is 116 Å². The lowest BCUT2D eigenvalue weighted by Gasteiger charge is -2.14. The largest absolute Gasteiger partial charge is 0.508 e. The van der Waals surface area contributed by atoms with Crippen LogP contribution in [-0.2, 0) is 0 Å². The lowest BCUT2D eigenvalue weighted by molar-refractivity contribution is 0.0939. The molecule has 6 heteroatoms. The Balaban J connectivity index is 2.19. The van der Waals surface area contributed by atoms with Crippen molar-refractivity contribution < 1.29 is 19.5 Å². The molecule has 1 heterocycles. The first-order chi connectivity index (χ1) is 9.38. The van der Waals surface area contributed by atoms with E-state index in [1.165, 1.54) is 12.1 Å². The van der Waals surface area contributed by atoms with Crippen molar-refractivity contribution >= 4 is 5.91 Å². The molecule has 0 fully saturated rings. The van der Waals surface area contributed by atoms with Crippen LogP contribution in [0, 0.1) is 13.8 Å². The van der Waals surface area contributed by atoms with Gasteiger partial charge in [-0.15, -0.1) is 0 Å². The molecule has 2 aromatic rings. The number of aryl methyl sites for hydroxylation is 2. The van der Waals surface area contributed by atoms with Gasteiger partial charge in [0.2, 0.25) is 0 Å². The Kier molecular flexibility index (Phi) is 3.65. The van der Waals surface area contributed by atoms with E-state index < -0.39 is 5.91 Å². The van der Waals surface area contributed by atoms with Crippen LogP contribution in [0.5, 0.6) is 11.5 Å². The van der Waals surface area contributed by atoms with Gasteiger partial charge in [-0.3, -0.25) is 4.79 Å². The molecule has 1 amide bonds. The number of carbonyl (C=O) groups is 1. The van der Waals surface area contributed by atoms with Crippen LogP contribution in [0.15, 0.2) is 22.7 Å². The summed E-state index contributed by atoms with van der Waals surface area (Å²) < 4.78 is 5.06. The van der Waals surface area contributed by atoms with E-state index in [4.69, 9.17) is 4.52 Å². The van der Waals surface area contributed by atoms with Crippen molar-refractivity contribution in [2.45, 2.75) is 26.8 Å². The molecule has 1 aromatic carbocycles. The molecule has 2 rings (SSSR count). The van der Waals surface area contributed by atoms with E-state index in [0.717, 1.165) is 11.6 Å². The number of aromatic nitrogens is 1. The monoisotopic (exact) mass is 276 g/mol. The molecular formula is C14H16N2O4. The van der Waals surface area contributed by atoms with Gasteiger partial charge < -0.3 is 20.1 Å². The fourth-order valence-electron chi connectivity index (χ4n) is 2.19. The van der Waals surface area contributed by atoms with E-state index in [2.05, 4.69) is 10.5 Å². The summed E-state index contributed by atoms with van der Waals surface area (Å²) in [5.41, 5.74) is 1.72. The fraction of sp³-hybridized carbons (Fsp3) is 0.286. The summed E-state index contributed by atoms with van der Waals surface area (Å²) in [5.74, 6) is -0.0851. The van der Waals surface area contributed by atoms with E-state index in [0.29, 0.717) is 11.5 Å². The smallest absolute Gasteiger partial charge is 0.252 e. The quantitative estimate of drug-likeness (QED) is 0.798. The second-order valence-corrected chi connectivity index (χ2v) is 4.67. The zero-order chi connectivity index (χ0) is 14.9. The predicted octanol–water partition coefficient (Wildman–Crippen LogP) is 2.19. The number of hydrogen-bond donors (Lipinski definition) is 3. The molecule has 0 bridgehead atoms. The van der Waals surface area contributed by atoms with Crippen molar-refractivity contribution in [3.05, 3.63) is 40.8 Å². The molecule has 1 aromatic heterocycles. The molecule has 106 valence electrons. The molecule has 0 spiro atoms. The molecular weight excluding hydrogens is 260 g/mol. The third kappa shape index (κ3) is 2.74. The third-order valence-electron chi connectivity index (χ3n) is 3.03. The number of benzene rings is 1. The van der Waals surface area contributed by atoms with Crippen molar-refractivity contribution in [1.29, 1.82) is 0 Å². The number of nitrogens with one attached hydrogen (secondary N) is 1. The molecule has 0 aliphatic heterocycles. The van der Waals surface area contributed by atoms with E-state index in [1.807, 2.05) is 6.92 Å².